The number of benzene rings is 1. The number of rotatable bonds is 5. The van der Waals surface area contributed by atoms with Crippen molar-refractivity contribution < 1.29 is 0 Å². The molecule has 2 aromatic rings. The smallest absolute Gasteiger partial charge is 0.326 e. The van der Waals surface area contributed by atoms with E-state index in [-0.39, 0.29) is 17.0 Å². The Kier molecular flexibility index (Phi) is 4.67. The fraction of sp³-hybridized carbons (Fsp3) is 0.429. The molecule has 0 amide bonds. The largest absolute Gasteiger partial charge is 0.343 e. The van der Waals surface area contributed by atoms with Crippen LogP contribution in [0.3, 0.4) is 0 Å². The lowest BCUT2D eigenvalue weighted by Gasteiger charge is -2.22. The summed E-state index contributed by atoms with van der Waals surface area (Å²) in [7, 11) is 1.71. The number of hydrogen-bond acceptors (Lipinski definition) is 4. The van der Waals surface area contributed by atoms with E-state index >= 15 is 0 Å². The van der Waals surface area contributed by atoms with Gasteiger partial charge in [0.05, 0.1) is 5.25 Å². The molecule has 0 radical (unpaired) electrons. The summed E-state index contributed by atoms with van der Waals surface area (Å²) in [6.07, 6.45) is 0.865. The van der Waals surface area contributed by atoms with E-state index in [9.17, 15) is 4.79 Å². The predicted molar refractivity (Wildman–Crippen MR) is 81.9 cm³/mol. The van der Waals surface area contributed by atoms with Crippen molar-refractivity contribution in [3.05, 3.63) is 45.9 Å². The minimum absolute atomic E-state index is 0.00880. The monoisotopic (exact) mass is 292 g/mol. The van der Waals surface area contributed by atoms with Crippen molar-refractivity contribution in [3.63, 3.8) is 0 Å². The number of nitrogens with one attached hydrogen (secondary N) is 1. The number of nitrogens with zero attached hydrogens (tertiary/aromatic N) is 2. The second-order valence-corrected chi connectivity index (χ2v) is 6.00. The van der Waals surface area contributed by atoms with Crippen LogP contribution in [0.1, 0.15) is 29.7 Å². The van der Waals surface area contributed by atoms with Crippen LogP contribution in [0.15, 0.2) is 34.2 Å². The van der Waals surface area contributed by atoms with E-state index in [4.69, 9.17) is 5.73 Å². The average Bonchev–Trinajstić information content (AvgIpc) is 2.77. The Morgan fingerprint density at radius 2 is 2.05 bits per heavy atom. The van der Waals surface area contributed by atoms with Crippen molar-refractivity contribution >= 4 is 11.8 Å². The van der Waals surface area contributed by atoms with Gasteiger partial charge in [-0.15, -0.1) is 5.10 Å². The van der Waals surface area contributed by atoms with Crippen LogP contribution in [-0.4, -0.2) is 20.8 Å². The van der Waals surface area contributed by atoms with E-state index < -0.39 is 0 Å². The zero-order valence-corrected chi connectivity index (χ0v) is 12.8. The Morgan fingerprint density at radius 3 is 2.55 bits per heavy atom. The molecule has 2 unspecified atom stereocenters. The summed E-state index contributed by atoms with van der Waals surface area (Å²) in [6.45, 7) is 4.12. The first-order chi connectivity index (χ1) is 9.52. The fourth-order valence-corrected chi connectivity index (χ4v) is 3.15. The maximum Gasteiger partial charge on any atom is 0.343 e. The molecule has 3 N–H and O–H groups in total. The van der Waals surface area contributed by atoms with Crippen LogP contribution in [0.5, 0.6) is 0 Å². The third kappa shape index (κ3) is 3.13. The minimum atomic E-state index is -0.208. The van der Waals surface area contributed by atoms with Crippen molar-refractivity contribution in [2.24, 2.45) is 12.8 Å². The average molecular weight is 292 g/mol. The van der Waals surface area contributed by atoms with Crippen LogP contribution < -0.4 is 11.4 Å². The number of H-pyrrole nitrogens is 1. The summed E-state index contributed by atoms with van der Waals surface area (Å²) in [5.41, 5.74) is 8.41. The highest BCUT2D eigenvalue weighted by Gasteiger charge is 2.22. The summed E-state index contributed by atoms with van der Waals surface area (Å²) in [6, 6.07) is 8.35. The van der Waals surface area contributed by atoms with Crippen molar-refractivity contribution in [1.29, 1.82) is 0 Å². The van der Waals surface area contributed by atoms with Crippen LogP contribution in [0.2, 0.25) is 0 Å². The first-order valence-corrected chi connectivity index (χ1v) is 7.51. The molecule has 5 nitrogen and oxygen atoms in total. The number of hydrogen-bond donors (Lipinski definition) is 2. The van der Waals surface area contributed by atoms with Crippen LogP contribution in [0.25, 0.3) is 0 Å². The molecule has 0 aliphatic rings. The quantitative estimate of drug-likeness (QED) is 0.826. The molecule has 2 rings (SSSR count). The summed E-state index contributed by atoms with van der Waals surface area (Å²) in [4.78, 5) is 11.4. The lowest BCUT2D eigenvalue weighted by molar-refractivity contribution is 0.629. The maximum atomic E-state index is 11.4. The van der Waals surface area contributed by atoms with Gasteiger partial charge in [0.15, 0.2) is 5.16 Å². The number of thioether (sulfide) groups is 1. The van der Waals surface area contributed by atoms with Gasteiger partial charge in [-0.05, 0) is 18.9 Å². The van der Waals surface area contributed by atoms with Crippen LogP contribution in [-0.2, 0) is 7.05 Å². The number of aromatic nitrogens is 3. The first-order valence-electron chi connectivity index (χ1n) is 6.63. The zero-order chi connectivity index (χ0) is 14.7. The number of nitrogens with two attached hydrogens (primary N) is 1. The molecular formula is C14H20N4OS. The highest BCUT2D eigenvalue weighted by atomic mass is 32.2. The highest BCUT2D eigenvalue weighted by Crippen LogP contribution is 2.36. The maximum absolute atomic E-state index is 11.4. The lowest BCUT2D eigenvalue weighted by Crippen LogP contribution is -2.26. The van der Waals surface area contributed by atoms with Crippen molar-refractivity contribution in [1.82, 2.24) is 14.8 Å². The molecule has 0 spiro atoms. The van der Waals surface area contributed by atoms with Gasteiger partial charge in [-0.2, -0.15) is 0 Å². The molecule has 0 saturated heterocycles. The van der Waals surface area contributed by atoms with Gasteiger partial charge in [0.1, 0.15) is 0 Å². The van der Waals surface area contributed by atoms with Gasteiger partial charge in [0.2, 0.25) is 0 Å². The normalized spacial score (nSPS) is 14.2. The SMILES string of the molecule is CCC(N)C(Sc1n[nH]c(=O)n1C)c1ccc(C)cc1. The van der Waals surface area contributed by atoms with Crippen molar-refractivity contribution in [2.75, 3.05) is 0 Å². The van der Waals surface area contributed by atoms with Gasteiger partial charge in [-0.1, -0.05) is 48.5 Å². The van der Waals surface area contributed by atoms with Gasteiger partial charge in [-0.25, -0.2) is 9.89 Å². The third-order valence-electron chi connectivity index (χ3n) is 3.34. The van der Waals surface area contributed by atoms with E-state index in [0.717, 1.165) is 12.0 Å². The lowest BCUT2D eigenvalue weighted by atomic mass is 10.0. The Bertz CT molecular complexity index is 617. The molecule has 0 saturated carbocycles. The van der Waals surface area contributed by atoms with Crippen LogP contribution >= 0.6 is 11.8 Å². The Hall–Kier alpha value is -1.53. The Balaban J connectivity index is 2.31. The van der Waals surface area contributed by atoms with Gasteiger partial charge >= 0.3 is 5.69 Å². The van der Waals surface area contributed by atoms with Crippen LogP contribution in [0, 0.1) is 6.92 Å². The molecule has 0 aliphatic carbocycles. The second-order valence-electron chi connectivity index (χ2n) is 4.89. The van der Waals surface area contributed by atoms with E-state index in [1.807, 2.05) is 0 Å². The molecule has 2 atom stereocenters. The molecule has 108 valence electrons. The van der Waals surface area contributed by atoms with Gasteiger partial charge < -0.3 is 5.73 Å². The second kappa shape index (κ2) is 6.28. The Morgan fingerprint density at radius 1 is 1.40 bits per heavy atom. The first kappa shape index (κ1) is 14.9. The number of aryl methyl sites for hydroxylation is 1. The molecular weight excluding hydrogens is 272 g/mol. The summed E-state index contributed by atoms with van der Waals surface area (Å²) >= 11 is 1.52. The van der Waals surface area contributed by atoms with Crippen molar-refractivity contribution in [2.45, 2.75) is 36.7 Å². The molecule has 0 bridgehead atoms. The topological polar surface area (TPSA) is 76.7 Å². The van der Waals surface area contributed by atoms with Crippen LogP contribution in [0.4, 0.5) is 0 Å². The van der Waals surface area contributed by atoms with E-state index in [1.54, 1.807) is 7.05 Å². The highest BCUT2D eigenvalue weighted by molar-refractivity contribution is 7.99. The van der Waals surface area contributed by atoms with Gasteiger partial charge in [-0.3, -0.25) is 4.57 Å². The molecule has 1 aromatic carbocycles. The number of aromatic amines is 1. The summed E-state index contributed by atoms with van der Waals surface area (Å²) in [5.74, 6) is 0. The van der Waals surface area contributed by atoms with E-state index in [0.29, 0.717) is 5.16 Å². The molecule has 1 aromatic heterocycles. The van der Waals surface area contributed by atoms with Crippen molar-refractivity contribution in [3.8, 4) is 0 Å². The minimum Gasteiger partial charge on any atom is -0.326 e. The molecule has 6 heteroatoms. The van der Waals surface area contributed by atoms with E-state index in [1.165, 1.54) is 21.9 Å². The summed E-state index contributed by atoms with van der Waals surface area (Å²) in [5, 5.41) is 7.24. The Labute approximate surface area is 122 Å². The predicted octanol–water partition coefficient (Wildman–Crippen LogP) is 1.99. The molecule has 0 fully saturated rings. The third-order valence-corrected chi connectivity index (χ3v) is 4.79. The van der Waals surface area contributed by atoms with E-state index in [2.05, 4.69) is 48.3 Å². The molecule has 0 aliphatic heterocycles. The summed E-state index contributed by atoms with van der Waals surface area (Å²) < 4.78 is 1.51. The standard InChI is InChI=1S/C14H20N4OS/c1-4-11(15)12(10-7-5-9(2)6-8-10)20-14-17-16-13(19)18(14)3/h5-8,11-12H,4,15H2,1-3H3,(H,16,19). The van der Waals surface area contributed by atoms with Gasteiger partial charge in [0, 0.05) is 13.1 Å². The zero-order valence-electron chi connectivity index (χ0n) is 12.0. The molecule has 20 heavy (non-hydrogen) atoms. The molecule has 1 heterocycles. The fourth-order valence-electron chi connectivity index (χ4n) is 1.92. The van der Waals surface area contributed by atoms with Gasteiger partial charge in [0.25, 0.3) is 0 Å².